The molecule has 1 saturated carbocycles. The van der Waals surface area contributed by atoms with E-state index in [1.807, 2.05) is 18.3 Å². The van der Waals surface area contributed by atoms with Crippen LogP contribution in [0.3, 0.4) is 0 Å². The van der Waals surface area contributed by atoms with Gasteiger partial charge in [-0.15, -0.1) is 0 Å². The number of ketones is 1. The number of rotatable bonds is 7. The molecule has 3 aromatic rings. The highest BCUT2D eigenvalue weighted by Crippen LogP contribution is 2.32. The molecule has 1 aliphatic carbocycles. The molecule has 3 fully saturated rings. The molecule has 5 heterocycles. The van der Waals surface area contributed by atoms with Crippen molar-refractivity contribution >= 4 is 40.2 Å². The first-order chi connectivity index (χ1) is 20.8. The molecule has 0 unspecified atom stereocenters. The number of fused-ring (bicyclic) bond motifs is 1. The lowest BCUT2D eigenvalue weighted by Crippen LogP contribution is -2.54. The first-order valence-corrected chi connectivity index (χ1v) is 15.4. The van der Waals surface area contributed by atoms with Crippen LogP contribution >= 0.6 is 0 Å². The van der Waals surface area contributed by atoms with Gasteiger partial charge < -0.3 is 20.2 Å². The second-order valence-corrected chi connectivity index (χ2v) is 11.9. The number of piperazine rings is 1. The molecule has 1 amide bonds. The number of carbonyl (C=O) groups is 2. The minimum absolute atomic E-state index is 0.0256. The van der Waals surface area contributed by atoms with E-state index in [-0.39, 0.29) is 28.9 Å². The maximum atomic E-state index is 13.5. The van der Waals surface area contributed by atoms with Crippen LogP contribution in [-0.2, 0) is 4.79 Å². The van der Waals surface area contributed by atoms with Crippen molar-refractivity contribution in [3.8, 4) is 0 Å². The molecule has 2 aliphatic heterocycles. The molecule has 12 nitrogen and oxygen atoms in total. The molecule has 0 spiro atoms. The SMILES string of the molecule is CC(=O)c1c(C)c2cnc(Nc3ccc(N4CCN(C5CCN(C(=O)CO)CC5)CC4)cn3)nc2n(C2CCCC2)c1=O. The zero-order chi connectivity index (χ0) is 30.1. The topological polar surface area (TPSA) is 137 Å². The Balaban J connectivity index is 1.13. The fraction of sp³-hybridized carbons (Fsp3) is 0.548. The van der Waals surface area contributed by atoms with Crippen molar-refractivity contribution in [1.82, 2.24) is 29.3 Å². The fourth-order valence-electron chi connectivity index (χ4n) is 7.00. The van der Waals surface area contributed by atoms with Crippen molar-refractivity contribution in [3.63, 3.8) is 0 Å². The van der Waals surface area contributed by atoms with Crippen molar-refractivity contribution in [1.29, 1.82) is 0 Å². The summed E-state index contributed by atoms with van der Waals surface area (Å²) >= 11 is 0. The predicted molar refractivity (Wildman–Crippen MR) is 164 cm³/mol. The Morgan fingerprint density at radius 2 is 1.67 bits per heavy atom. The van der Waals surface area contributed by atoms with Crippen LogP contribution in [0.1, 0.15) is 67.4 Å². The number of amides is 1. The summed E-state index contributed by atoms with van der Waals surface area (Å²) in [5, 5.41) is 13.0. The van der Waals surface area contributed by atoms with Gasteiger partial charge in [0.1, 0.15) is 18.1 Å². The van der Waals surface area contributed by atoms with Gasteiger partial charge in [-0.2, -0.15) is 4.98 Å². The summed E-state index contributed by atoms with van der Waals surface area (Å²) < 4.78 is 1.72. The number of carbonyl (C=O) groups excluding carboxylic acids is 2. The number of hydrogen-bond acceptors (Lipinski definition) is 10. The molecule has 3 aromatic heterocycles. The molecule has 0 radical (unpaired) electrons. The third-order valence-corrected chi connectivity index (χ3v) is 9.39. The minimum Gasteiger partial charge on any atom is -0.387 e. The standard InChI is InChI=1S/C31H40N8O4/c1-20-25-18-33-31(35-29(25)39(23-5-3-4-6-23)30(43)28(20)21(2)41)34-26-8-7-24(17-32-26)37-15-13-36(14-16-37)22-9-11-38(12-10-22)27(42)19-40/h7-8,17-18,22-23,40H,3-6,9-16,19H2,1-2H3,(H,32,33,34,35). The fourth-order valence-corrected chi connectivity index (χ4v) is 7.00. The van der Waals surface area contributed by atoms with Crippen molar-refractivity contribution in [2.75, 3.05) is 56.1 Å². The van der Waals surface area contributed by atoms with E-state index in [1.165, 1.54) is 6.92 Å². The number of aliphatic hydroxyl groups excluding tert-OH is 1. The minimum atomic E-state index is -0.410. The lowest BCUT2D eigenvalue weighted by molar-refractivity contribution is -0.135. The van der Waals surface area contributed by atoms with E-state index < -0.39 is 6.61 Å². The summed E-state index contributed by atoms with van der Waals surface area (Å²) in [5.41, 5.74) is 2.19. The van der Waals surface area contributed by atoms with Crippen molar-refractivity contribution < 1.29 is 14.7 Å². The van der Waals surface area contributed by atoms with Gasteiger partial charge in [0.15, 0.2) is 5.78 Å². The summed E-state index contributed by atoms with van der Waals surface area (Å²) in [6, 6.07) is 4.46. The molecule has 6 rings (SSSR count). The van der Waals surface area contributed by atoms with Crippen LogP contribution in [0.25, 0.3) is 11.0 Å². The highest BCUT2D eigenvalue weighted by molar-refractivity contribution is 5.99. The van der Waals surface area contributed by atoms with E-state index in [0.29, 0.717) is 47.5 Å². The number of anilines is 3. The monoisotopic (exact) mass is 588 g/mol. The van der Waals surface area contributed by atoms with Gasteiger partial charge >= 0.3 is 0 Å². The van der Waals surface area contributed by atoms with E-state index >= 15 is 0 Å². The zero-order valence-corrected chi connectivity index (χ0v) is 25.0. The number of hydrogen-bond donors (Lipinski definition) is 2. The lowest BCUT2D eigenvalue weighted by atomic mass is 10.0. The Hall–Kier alpha value is -3.90. The third kappa shape index (κ3) is 5.85. The maximum Gasteiger partial charge on any atom is 0.263 e. The molecular weight excluding hydrogens is 548 g/mol. The van der Waals surface area contributed by atoms with E-state index in [0.717, 1.165) is 70.4 Å². The Labute approximate surface area is 250 Å². The first kappa shape index (κ1) is 29.2. The predicted octanol–water partition coefficient (Wildman–Crippen LogP) is 2.66. The maximum absolute atomic E-state index is 13.5. The number of Topliss-reactive ketones (excluding diaryl/α,β-unsaturated/α-hetero) is 1. The second kappa shape index (κ2) is 12.4. The molecule has 43 heavy (non-hydrogen) atoms. The molecule has 0 aromatic carbocycles. The van der Waals surface area contributed by atoms with E-state index in [1.54, 1.807) is 22.6 Å². The molecule has 2 saturated heterocycles. The molecule has 228 valence electrons. The Morgan fingerprint density at radius 3 is 2.30 bits per heavy atom. The molecule has 0 atom stereocenters. The van der Waals surface area contributed by atoms with Gasteiger partial charge in [-0.25, -0.2) is 9.97 Å². The van der Waals surface area contributed by atoms with Gasteiger partial charge in [0.05, 0.1) is 17.4 Å². The van der Waals surface area contributed by atoms with Crippen LogP contribution < -0.4 is 15.8 Å². The number of pyridine rings is 2. The zero-order valence-electron chi connectivity index (χ0n) is 25.0. The van der Waals surface area contributed by atoms with Crippen LogP contribution in [0.4, 0.5) is 17.5 Å². The average molecular weight is 589 g/mol. The largest absolute Gasteiger partial charge is 0.387 e. The number of aromatic nitrogens is 4. The number of aliphatic hydroxyl groups is 1. The summed E-state index contributed by atoms with van der Waals surface area (Å²) in [6.45, 7) is 7.95. The smallest absolute Gasteiger partial charge is 0.263 e. The Bertz CT molecular complexity index is 1550. The van der Waals surface area contributed by atoms with Gasteiger partial charge in [0.25, 0.3) is 5.56 Å². The Kier molecular flexibility index (Phi) is 8.40. The quantitative estimate of drug-likeness (QED) is 0.397. The first-order valence-electron chi connectivity index (χ1n) is 15.4. The molecule has 2 N–H and O–H groups in total. The van der Waals surface area contributed by atoms with Crippen LogP contribution in [-0.4, -0.2) is 98.0 Å². The number of nitrogens with zero attached hydrogens (tertiary/aromatic N) is 7. The van der Waals surface area contributed by atoms with Crippen molar-refractivity contribution in [2.24, 2.45) is 0 Å². The summed E-state index contributed by atoms with van der Waals surface area (Å²) in [6.07, 6.45) is 9.33. The van der Waals surface area contributed by atoms with E-state index in [2.05, 4.69) is 25.1 Å². The number of piperidine rings is 1. The summed E-state index contributed by atoms with van der Waals surface area (Å²) in [7, 11) is 0. The summed E-state index contributed by atoms with van der Waals surface area (Å²) in [4.78, 5) is 58.1. The number of aryl methyl sites for hydroxylation is 1. The van der Waals surface area contributed by atoms with E-state index in [9.17, 15) is 14.4 Å². The lowest BCUT2D eigenvalue weighted by Gasteiger charge is -2.43. The molecular formula is C31H40N8O4. The van der Waals surface area contributed by atoms with Crippen molar-refractivity contribution in [3.05, 3.63) is 46.0 Å². The molecule has 0 bridgehead atoms. The van der Waals surface area contributed by atoms with Gasteiger partial charge in [-0.1, -0.05) is 12.8 Å². The van der Waals surface area contributed by atoms with Crippen LogP contribution in [0.2, 0.25) is 0 Å². The van der Waals surface area contributed by atoms with Crippen LogP contribution in [0.15, 0.2) is 29.3 Å². The second-order valence-electron chi connectivity index (χ2n) is 11.9. The van der Waals surface area contributed by atoms with Crippen LogP contribution in [0, 0.1) is 6.92 Å². The van der Waals surface area contributed by atoms with Gasteiger partial charge in [0, 0.05) is 62.9 Å². The van der Waals surface area contributed by atoms with Gasteiger partial charge in [-0.3, -0.25) is 23.9 Å². The molecule has 12 heteroatoms. The third-order valence-electron chi connectivity index (χ3n) is 9.39. The Morgan fingerprint density at radius 1 is 0.953 bits per heavy atom. The molecule has 3 aliphatic rings. The van der Waals surface area contributed by atoms with Gasteiger partial charge in [0.2, 0.25) is 11.9 Å². The highest BCUT2D eigenvalue weighted by Gasteiger charge is 2.29. The van der Waals surface area contributed by atoms with Crippen molar-refractivity contribution in [2.45, 2.75) is 64.5 Å². The van der Waals surface area contributed by atoms with Crippen LogP contribution in [0.5, 0.6) is 0 Å². The number of nitrogens with one attached hydrogen (secondary N) is 1. The number of likely N-dealkylation sites (tertiary alicyclic amines) is 1. The van der Waals surface area contributed by atoms with E-state index in [4.69, 9.17) is 10.1 Å². The highest BCUT2D eigenvalue weighted by atomic mass is 16.3. The average Bonchev–Trinajstić information content (AvgIpc) is 3.56. The summed E-state index contributed by atoms with van der Waals surface area (Å²) in [5.74, 6) is 0.553. The normalized spacial score (nSPS) is 18.9. The van der Waals surface area contributed by atoms with Gasteiger partial charge in [-0.05, 0) is 57.2 Å².